The highest BCUT2D eigenvalue weighted by molar-refractivity contribution is 5.86. The van der Waals surface area contributed by atoms with E-state index in [4.69, 9.17) is 5.73 Å². The quantitative estimate of drug-likeness (QED) is 0.618. The molecule has 0 spiro atoms. The topological polar surface area (TPSA) is 65.9 Å². The number of hydrogen-bond acceptors (Lipinski definition) is 3. The van der Waals surface area contributed by atoms with E-state index in [0.29, 0.717) is 11.4 Å². The Balaban J connectivity index is 2.27. The molecule has 0 amide bonds. The zero-order chi connectivity index (χ0) is 16.1. The number of anilines is 1. The summed E-state index contributed by atoms with van der Waals surface area (Å²) in [6, 6.07) is 5.96. The number of benzene rings is 1. The molecular weight excluding hydrogens is 279 g/mol. The Morgan fingerprint density at radius 1 is 1.41 bits per heavy atom. The second-order valence-electron chi connectivity index (χ2n) is 5.38. The maximum atomic E-state index is 13.7. The SMILES string of the molecule is CNCc1c[nH]c2cc(N/C(=C/C=C(/C)N)C(C)F)ccc12. The first-order chi connectivity index (χ1) is 10.5. The van der Waals surface area contributed by atoms with Gasteiger partial charge in [-0.05, 0) is 50.7 Å². The van der Waals surface area contributed by atoms with E-state index in [-0.39, 0.29) is 0 Å². The molecule has 0 saturated carbocycles. The minimum Gasteiger partial charge on any atom is -0.402 e. The number of nitrogens with two attached hydrogens (primary N) is 1. The fourth-order valence-electron chi connectivity index (χ4n) is 2.26. The van der Waals surface area contributed by atoms with E-state index in [1.165, 1.54) is 12.5 Å². The van der Waals surface area contributed by atoms with Crippen molar-refractivity contribution in [3.63, 3.8) is 0 Å². The van der Waals surface area contributed by atoms with Crippen molar-refractivity contribution in [3.05, 3.63) is 53.5 Å². The van der Waals surface area contributed by atoms with Gasteiger partial charge in [0.05, 0.1) is 0 Å². The van der Waals surface area contributed by atoms with Gasteiger partial charge in [0.25, 0.3) is 0 Å². The van der Waals surface area contributed by atoms with E-state index in [0.717, 1.165) is 23.1 Å². The van der Waals surface area contributed by atoms with Gasteiger partial charge >= 0.3 is 0 Å². The maximum Gasteiger partial charge on any atom is 0.137 e. The molecule has 1 heterocycles. The third-order valence-corrected chi connectivity index (χ3v) is 3.38. The van der Waals surface area contributed by atoms with E-state index in [9.17, 15) is 4.39 Å². The molecule has 22 heavy (non-hydrogen) atoms. The van der Waals surface area contributed by atoms with Crippen LogP contribution in [-0.2, 0) is 6.54 Å². The zero-order valence-corrected chi connectivity index (χ0v) is 13.2. The lowest BCUT2D eigenvalue weighted by Crippen LogP contribution is -2.09. The number of hydrogen-bond donors (Lipinski definition) is 4. The van der Waals surface area contributed by atoms with Crippen molar-refractivity contribution in [1.29, 1.82) is 0 Å². The third kappa shape index (κ3) is 3.89. The van der Waals surface area contributed by atoms with E-state index >= 15 is 0 Å². The summed E-state index contributed by atoms with van der Waals surface area (Å²) in [6.07, 6.45) is 4.25. The van der Waals surface area contributed by atoms with Gasteiger partial charge in [-0.15, -0.1) is 0 Å². The Labute approximate surface area is 130 Å². The van der Waals surface area contributed by atoms with Crippen molar-refractivity contribution < 1.29 is 4.39 Å². The molecule has 1 unspecified atom stereocenters. The second kappa shape index (κ2) is 7.13. The van der Waals surface area contributed by atoms with Crippen LogP contribution in [0.4, 0.5) is 10.1 Å². The molecule has 0 radical (unpaired) electrons. The van der Waals surface area contributed by atoms with Gasteiger partial charge in [0.2, 0.25) is 0 Å². The first-order valence-corrected chi connectivity index (χ1v) is 7.31. The van der Waals surface area contributed by atoms with Gasteiger partial charge in [-0.3, -0.25) is 0 Å². The summed E-state index contributed by atoms with van der Waals surface area (Å²) in [5, 5.41) is 7.42. The molecule has 0 aliphatic rings. The molecule has 0 saturated heterocycles. The highest BCUT2D eigenvalue weighted by Crippen LogP contribution is 2.23. The third-order valence-electron chi connectivity index (χ3n) is 3.38. The summed E-state index contributed by atoms with van der Waals surface area (Å²) in [5.41, 5.74) is 9.77. The number of rotatable bonds is 6. The first kappa shape index (κ1) is 16.1. The van der Waals surface area contributed by atoms with E-state index < -0.39 is 6.17 Å². The Bertz CT molecular complexity index is 694. The normalized spacial score (nSPS) is 14.4. The first-order valence-electron chi connectivity index (χ1n) is 7.31. The zero-order valence-electron chi connectivity index (χ0n) is 13.2. The van der Waals surface area contributed by atoms with Crippen molar-refractivity contribution in [1.82, 2.24) is 10.3 Å². The van der Waals surface area contributed by atoms with E-state index in [2.05, 4.69) is 15.6 Å². The van der Waals surface area contributed by atoms with Crippen LogP contribution in [0.25, 0.3) is 10.9 Å². The molecule has 1 aromatic carbocycles. The number of allylic oxidation sites excluding steroid dienone is 4. The fourth-order valence-corrected chi connectivity index (χ4v) is 2.26. The molecule has 1 atom stereocenters. The number of fused-ring (bicyclic) bond motifs is 1. The van der Waals surface area contributed by atoms with Crippen LogP contribution >= 0.6 is 0 Å². The predicted molar refractivity (Wildman–Crippen MR) is 91.3 cm³/mol. The van der Waals surface area contributed by atoms with Gasteiger partial charge in [0.1, 0.15) is 6.17 Å². The molecule has 0 aliphatic carbocycles. The van der Waals surface area contributed by atoms with Crippen LogP contribution in [0, 0.1) is 0 Å². The van der Waals surface area contributed by atoms with Gasteiger partial charge in [-0.25, -0.2) is 4.39 Å². The van der Waals surface area contributed by atoms with Crippen LogP contribution in [0.1, 0.15) is 19.4 Å². The van der Waals surface area contributed by atoms with Crippen molar-refractivity contribution in [3.8, 4) is 0 Å². The van der Waals surface area contributed by atoms with Crippen LogP contribution < -0.4 is 16.4 Å². The molecule has 2 aromatic rings. The smallest absolute Gasteiger partial charge is 0.137 e. The largest absolute Gasteiger partial charge is 0.402 e. The lowest BCUT2D eigenvalue weighted by Gasteiger charge is -2.12. The fraction of sp³-hybridized carbons (Fsp3) is 0.294. The average molecular weight is 302 g/mol. The van der Waals surface area contributed by atoms with Crippen LogP contribution in [0.2, 0.25) is 0 Å². The lowest BCUT2D eigenvalue weighted by atomic mass is 10.1. The molecule has 0 fully saturated rings. The summed E-state index contributed by atoms with van der Waals surface area (Å²) in [5.74, 6) is 0. The Hall–Kier alpha value is -2.27. The molecule has 5 N–H and O–H groups in total. The average Bonchev–Trinajstić information content (AvgIpc) is 2.86. The lowest BCUT2D eigenvalue weighted by molar-refractivity contribution is 0.413. The van der Waals surface area contributed by atoms with E-state index in [1.807, 2.05) is 31.4 Å². The molecule has 118 valence electrons. The van der Waals surface area contributed by atoms with Crippen molar-refractivity contribution in [2.24, 2.45) is 5.73 Å². The van der Waals surface area contributed by atoms with Gasteiger partial charge < -0.3 is 21.4 Å². The van der Waals surface area contributed by atoms with Gasteiger partial charge in [-0.2, -0.15) is 0 Å². The van der Waals surface area contributed by atoms with E-state index in [1.54, 1.807) is 19.1 Å². The Kier molecular flexibility index (Phi) is 5.22. The summed E-state index contributed by atoms with van der Waals surface area (Å²) in [4.78, 5) is 3.24. The number of aromatic amines is 1. The Morgan fingerprint density at radius 2 is 2.18 bits per heavy atom. The number of nitrogens with one attached hydrogen (secondary N) is 3. The van der Waals surface area contributed by atoms with Crippen molar-refractivity contribution in [2.45, 2.75) is 26.6 Å². The van der Waals surface area contributed by atoms with Gasteiger partial charge in [0.15, 0.2) is 0 Å². The molecule has 0 aliphatic heterocycles. The predicted octanol–water partition coefficient (Wildman–Crippen LogP) is 3.40. The molecule has 1 aromatic heterocycles. The number of aromatic nitrogens is 1. The highest BCUT2D eigenvalue weighted by atomic mass is 19.1. The van der Waals surface area contributed by atoms with Gasteiger partial charge in [0, 0.05) is 40.7 Å². The number of halogens is 1. The molecule has 0 bridgehead atoms. The van der Waals surface area contributed by atoms with Crippen LogP contribution in [0.3, 0.4) is 0 Å². The summed E-state index contributed by atoms with van der Waals surface area (Å²) in [6.45, 7) is 4.07. The van der Waals surface area contributed by atoms with Crippen LogP contribution in [0.5, 0.6) is 0 Å². The maximum absolute atomic E-state index is 13.7. The number of alkyl halides is 1. The van der Waals surface area contributed by atoms with Crippen LogP contribution in [-0.4, -0.2) is 18.2 Å². The summed E-state index contributed by atoms with van der Waals surface area (Å²) in [7, 11) is 1.92. The summed E-state index contributed by atoms with van der Waals surface area (Å²) < 4.78 is 13.7. The van der Waals surface area contributed by atoms with Crippen molar-refractivity contribution in [2.75, 3.05) is 12.4 Å². The van der Waals surface area contributed by atoms with Crippen LogP contribution in [0.15, 0.2) is 47.9 Å². The minimum atomic E-state index is -1.10. The Morgan fingerprint density at radius 3 is 2.82 bits per heavy atom. The van der Waals surface area contributed by atoms with Crippen molar-refractivity contribution >= 4 is 16.6 Å². The monoisotopic (exact) mass is 302 g/mol. The second-order valence-corrected chi connectivity index (χ2v) is 5.38. The molecular formula is C17H23FN4. The standard InChI is InChI=1S/C17H23FN4/c1-11(19)4-7-16(12(2)18)22-14-5-6-15-13(9-20-3)10-21-17(15)8-14/h4-8,10,12,20-22H,9,19H2,1-3H3/b11-4-,16-7+. The number of H-pyrrole nitrogens is 1. The summed E-state index contributed by atoms with van der Waals surface area (Å²) >= 11 is 0. The highest BCUT2D eigenvalue weighted by Gasteiger charge is 2.08. The van der Waals surface area contributed by atoms with Gasteiger partial charge in [-0.1, -0.05) is 6.07 Å². The molecule has 2 rings (SSSR count). The minimum absolute atomic E-state index is 0.478. The molecule has 4 nitrogen and oxygen atoms in total. The molecule has 5 heteroatoms.